The average molecular weight is 231 g/mol. The maximum atomic E-state index is 12.2. The lowest BCUT2D eigenvalue weighted by atomic mass is 9.94. The molecule has 2 heteroatoms. The molecule has 0 spiro atoms. The summed E-state index contributed by atoms with van der Waals surface area (Å²) in [6.45, 7) is 6.22. The predicted molar refractivity (Wildman–Crippen MR) is 70.3 cm³/mol. The Hall–Kier alpha value is -1.15. The number of nitrogens with one attached hydrogen (secondary N) is 1. The molecule has 0 radical (unpaired) electrons. The van der Waals surface area contributed by atoms with Crippen molar-refractivity contribution >= 4 is 5.78 Å². The second kappa shape index (κ2) is 5.46. The molecule has 0 bridgehead atoms. The van der Waals surface area contributed by atoms with E-state index < -0.39 is 0 Å². The van der Waals surface area contributed by atoms with Gasteiger partial charge in [0.2, 0.25) is 0 Å². The maximum absolute atomic E-state index is 12.2. The van der Waals surface area contributed by atoms with E-state index in [-0.39, 0.29) is 5.92 Å². The standard InChI is InChI=1S/C15H21NO/c1-11(2)8-12-4-3-5-13(9-12)15(17)14-6-7-16-10-14/h3-5,9,11,14,16H,6-8,10H2,1-2H3. The second-order valence-electron chi connectivity index (χ2n) is 5.35. The Morgan fingerprint density at radius 2 is 2.29 bits per heavy atom. The first kappa shape index (κ1) is 12.3. The fraction of sp³-hybridized carbons (Fsp3) is 0.533. The van der Waals surface area contributed by atoms with E-state index in [0.717, 1.165) is 31.5 Å². The van der Waals surface area contributed by atoms with E-state index in [1.54, 1.807) is 0 Å². The number of carbonyl (C=O) groups is 1. The Bertz CT molecular complexity index is 392. The molecule has 92 valence electrons. The van der Waals surface area contributed by atoms with Gasteiger partial charge in [0.15, 0.2) is 5.78 Å². The third-order valence-corrected chi connectivity index (χ3v) is 3.29. The number of ketones is 1. The van der Waals surface area contributed by atoms with Gasteiger partial charge in [-0.3, -0.25) is 4.79 Å². The molecule has 1 aromatic rings. The Morgan fingerprint density at radius 3 is 2.94 bits per heavy atom. The monoisotopic (exact) mass is 231 g/mol. The smallest absolute Gasteiger partial charge is 0.167 e. The molecule has 0 aliphatic carbocycles. The summed E-state index contributed by atoms with van der Waals surface area (Å²) in [6.07, 6.45) is 2.03. The molecule has 0 saturated carbocycles. The van der Waals surface area contributed by atoms with Crippen molar-refractivity contribution in [1.82, 2.24) is 5.32 Å². The number of Topliss-reactive ketones (excluding diaryl/α,β-unsaturated/α-hetero) is 1. The van der Waals surface area contributed by atoms with E-state index in [9.17, 15) is 4.79 Å². The Labute approximate surface area is 103 Å². The molecular weight excluding hydrogens is 210 g/mol. The lowest BCUT2D eigenvalue weighted by Gasteiger charge is -2.10. The Morgan fingerprint density at radius 1 is 1.47 bits per heavy atom. The molecule has 1 N–H and O–H groups in total. The zero-order valence-electron chi connectivity index (χ0n) is 10.7. The zero-order chi connectivity index (χ0) is 12.3. The van der Waals surface area contributed by atoms with E-state index in [4.69, 9.17) is 0 Å². The van der Waals surface area contributed by atoms with Gasteiger partial charge in [-0.2, -0.15) is 0 Å². The van der Waals surface area contributed by atoms with Crippen molar-refractivity contribution in [2.24, 2.45) is 11.8 Å². The summed E-state index contributed by atoms with van der Waals surface area (Å²) >= 11 is 0. The van der Waals surface area contributed by atoms with Crippen molar-refractivity contribution in [3.8, 4) is 0 Å². The summed E-state index contributed by atoms with van der Waals surface area (Å²) in [5.41, 5.74) is 2.16. The molecular formula is C15H21NO. The van der Waals surface area contributed by atoms with Gasteiger partial charge in [-0.05, 0) is 36.9 Å². The minimum Gasteiger partial charge on any atom is -0.316 e. The summed E-state index contributed by atoms with van der Waals surface area (Å²) in [5, 5.41) is 3.25. The minimum absolute atomic E-state index is 0.185. The highest BCUT2D eigenvalue weighted by Crippen LogP contribution is 2.17. The van der Waals surface area contributed by atoms with Crippen molar-refractivity contribution in [2.75, 3.05) is 13.1 Å². The quantitative estimate of drug-likeness (QED) is 0.807. The highest BCUT2D eigenvalue weighted by molar-refractivity contribution is 5.98. The van der Waals surface area contributed by atoms with Crippen LogP contribution >= 0.6 is 0 Å². The first-order valence-corrected chi connectivity index (χ1v) is 6.50. The predicted octanol–water partition coefficient (Wildman–Crippen LogP) is 2.68. The highest BCUT2D eigenvalue weighted by Gasteiger charge is 2.23. The van der Waals surface area contributed by atoms with Crippen LogP contribution in [0.2, 0.25) is 0 Å². The summed E-state index contributed by atoms with van der Waals surface area (Å²) in [4.78, 5) is 12.2. The van der Waals surface area contributed by atoms with Crippen LogP contribution in [-0.4, -0.2) is 18.9 Å². The SMILES string of the molecule is CC(C)Cc1cccc(C(=O)C2CCNC2)c1. The van der Waals surface area contributed by atoms with Crippen molar-refractivity contribution in [3.05, 3.63) is 35.4 Å². The van der Waals surface area contributed by atoms with Gasteiger partial charge in [0.1, 0.15) is 0 Å². The van der Waals surface area contributed by atoms with Gasteiger partial charge in [0, 0.05) is 18.0 Å². The van der Waals surface area contributed by atoms with Crippen molar-refractivity contribution in [1.29, 1.82) is 0 Å². The molecule has 1 aromatic carbocycles. The second-order valence-corrected chi connectivity index (χ2v) is 5.35. The van der Waals surface area contributed by atoms with Gasteiger partial charge in [0.25, 0.3) is 0 Å². The molecule has 2 rings (SSSR count). The van der Waals surface area contributed by atoms with Gasteiger partial charge >= 0.3 is 0 Å². The molecule has 0 amide bonds. The number of rotatable bonds is 4. The molecule has 1 saturated heterocycles. The van der Waals surface area contributed by atoms with Crippen LogP contribution < -0.4 is 5.32 Å². The number of hydrogen-bond acceptors (Lipinski definition) is 2. The van der Waals surface area contributed by atoms with Gasteiger partial charge in [-0.25, -0.2) is 0 Å². The molecule has 1 fully saturated rings. The first-order valence-electron chi connectivity index (χ1n) is 6.50. The van der Waals surface area contributed by atoms with E-state index in [1.165, 1.54) is 5.56 Å². The number of carbonyl (C=O) groups excluding carboxylic acids is 1. The van der Waals surface area contributed by atoms with Gasteiger partial charge in [-0.1, -0.05) is 32.0 Å². The summed E-state index contributed by atoms with van der Waals surface area (Å²) in [7, 11) is 0. The van der Waals surface area contributed by atoms with E-state index in [2.05, 4.69) is 31.3 Å². The van der Waals surface area contributed by atoms with Crippen LogP contribution in [-0.2, 0) is 6.42 Å². The summed E-state index contributed by atoms with van der Waals surface area (Å²) in [5.74, 6) is 1.12. The van der Waals surface area contributed by atoms with E-state index >= 15 is 0 Å². The zero-order valence-corrected chi connectivity index (χ0v) is 10.7. The molecule has 1 aliphatic heterocycles. The van der Waals surface area contributed by atoms with Crippen molar-refractivity contribution in [2.45, 2.75) is 26.7 Å². The maximum Gasteiger partial charge on any atom is 0.167 e. The van der Waals surface area contributed by atoms with Crippen LogP contribution in [0.5, 0.6) is 0 Å². The van der Waals surface area contributed by atoms with Gasteiger partial charge in [0.05, 0.1) is 0 Å². The minimum atomic E-state index is 0.185. The average Bonchev–Trinajstić information content (AvgIpc) is 2.81. The molecule has 2 nitrogen and oxygen atoms in total. The number of hydrogen-bond donors (Lipinski definition) is 1. The van der Waals surface area contributed by atoms with Crippen LogP contribution in [0, 0.1) is 11.8 Å². The lowest BCUT2D eigenvalue weighted by molar-refractivity contribution is 0.0930. The van der Waals surface area contributed by atoms with Crippen LogP contribution in [0.3, 0.4) is 0 Å². The van der Waals surface area contributed by atoms with Crippen molar-refractivity contribution < 1.29 is 4.79 Å². The Balaban J connectivity index is 2.12. The first-order chi connectivity index (χ1) is 8.16. The lowest BCUT2D eigenvalue weighted by Crippen LogP contribution is -2.18. The normalized spacial score (nSPS) is 19.8. The molecule has 1 aliphatic rings. The van der Waals surface area contributed by atoms with Crippen LogP contribution in [0.25, 0.3) is 0 Å². The Kier molecular flexibility index (Phi) is 3.95. The topological polar surface area (TPSA) is 29.1 Å². The van der Waals surface area contributed by atoms with E-state index in [1.807, 2.05) is 12.1 Å². The fourth-order valence-electron chi connectivity index (χ4n) is 2.44. The molecule has 0 aromatic heterocycles. The third kappa shape index (κ3) is 3.16. The largest absolute Gasteiger partial charge is 0.316 e. The molecule has 17 heavy (non-hydrogen) atoms. The highest BCUT2D eigenvalue weighted by atomic mass is 16.1. The van der Waals surface area contributed by atoms with Crippen molar-refractivity contribution in [3.63, 3.8) is 0 Å². The molecule has 1 atom stereocenters. The van der Waals surface area contributed by atoms with Crippen LogP contribution in [0.1, 0.15) is 36.2 Å². The molecule has 1 heterocycles. The number of benzene rings is 1. The van der Waals surface area contributed by atoms with Crippen LogP contribution in [0.15, 0.2) is 24.3 Å². The van der Waals surface area contributed by atoms with Crippen LogP contribution in [0.4, 0.5) is 0 Å². The van der Waals surface area contributed by atoms with Gasteiger partial charge < -0.3 is 5.32 Å². The summed E-state index contributed by atoms with van der Waals surface area (Å²) < 4.78 is 0. The summed E-state index contributed by atoms with van der Waals surface area (Å²) in [6, 6.07) is 8.14. The molecule has 1 unspecified atom stereocenters. The third-order valence-electron chi connectivity index (χ3n) is 3.29. The van der Waals surface area contributed by atoms with E-state index in [0.29, 0.717) is 11.7 Å². The fourth-order valence-corrected chi connectivity index (χ4v) is 2.44. The van der Waals surface area contributed by atoms with Gasteiger partial charge in [-0.15, -0.1) is 0 Å².